The van der Waals surface area contributed by atoms with Crippen molar-refractivity contribution in [3.8, 4) is 5.06 Å². The lowest BCUT2D eigenvalue weighted by Gasteiger charge is -2.40. The van der Waals surface area contributed by atoms with E-state index in [9.17, 15) is 13.2 Å². The Morgan fingerprint density at radius 3 is 2.35 bits per heavy atom. The van der Waals surface area contributed by atoms with Crippen LogP contribution in [0.5, 0.6) is 5.06 Å². The van der Waals surface area contributed by atoms with Crippen LogP contribution >= 0.6 is 11.3 Å². The molecule has 0 spiro atoms. The van der Waals surface area contributed by atoms with Crippen molar-refractivity contribution < 1.29 is 17.9 Å². The maximum atomic E-state index is 13.4. The monoisotopic (exact) mass is 592 g/mol. The van der Waals surface area contributed by atoms with Gasteiger partial charge in [-0.25, -0.2) is 12.7 Å². The predicted molar refractivity (Wildman–Crippen MR) is 156 cm³/mol. The highest BCUT2D eigenvalue weighted by Crippen LogP contribution is 2.43. The molecule has 3 aliphatic rings. The Bertz CT molecular complexity index is 1270. The van der Waals surface area contributed by atoms with Gasteiger partial charge in [-0.3, -0.25) is 9.69 Å². The van der Waals surface area contributed by atoms with E-state index in [1.54, 1.807) is 18.4 Å². The summed E-state index contributed by atoms with van der Waals surface area (Å²) in [6, 6.07) is 5.42. The lowest BCUT2D eigenvalue weighted by Crippen LogP contribution is -2.46. The zero-order valence-corrected chi connectivity index (χ0v) is 26.0. The van der Waals surface area contributed by atoms with Crippen molar-refractivity contribution in [2.75, 3.05) is 33.0 Å². The molecular formula is C28H44N6O4S2. The summed E-state index contributed by atoms with van der Waals surface area (Å²) < 4.78 is 33.1. The first-order valence-electron chi connectivity index (χ1n) is 14.6. The number of aromatic nitrogens is 3. The fourth-order valence-corrected chi connectivity index (χ4v) is 8.77. The van der Waals surface area contributed by atoms with Crippen LogP contribution in [0.3, 0.4) is 0 Å². The molecule has 40 heavy (non-hydrogen) atoms. The summed E-state index contributed by atoms with van der Waals surface area (Å²) >= 11 is 1.58. The van der Waals surface area contributed by atoms with E-state index in [0.717, 1.165) is 47.4 Å². The molecule has 2 aromatic rings. The van der Waals surface area contributed by atoms with Gasteiger partial charge in [0.05, 0.1) is 19.4 Å². The van der Waals surface area contributed by atoms with E-state index in [2.05, 4.69) is 51.8 Å². The number of carbonyl (C=O) groups excluding carboxylic acids is 1. The fourth-order valence-electron chi connectivity index (χ4n) is 6.99. The molecule has 2 aromatic heterocycles. The summed E-state index contributed by atoms with van der Waals surface area (Å²) in [7, 11) is -1.55. The second-order valence-corrected chi connectivity index (χ2v) is 15.1. The molecule has 222 valence electrons. The van der Waals surface area contributed by atoms with Crippen molar-refractivity contribution in [3.63, 3.8) is 0 Å². The molecule has 1 N–H and O–H groups in total. The van der Waals surface area contributed by atoms with E-state index in [0.29, 0.717) is 50.0 Å². The third-order valence-electron chi connectivity index (χ3n) is 9.07. The Hall–Kier alpha value is -2.02. The summed E-state index contributed by atoms with van der Waals surface area (Å²) in [5.74, 6) is 2.31. The van der Waals surface area contributed by atoms with Gasteiger partial charge in [-0.1, -0.05) is 13.8 Å². The van der Waals surface area contributed by atoms with Gasteiger partial charge in [0.1, 0.15) is 11.6 Å². The molecule has 0 saturated carbocycles. The van der Waals surface area contributed by atoms with Crippen molar-refractivity contribution in [1.29, 1.82) is 0 Å². The molecule has 4 atom stereocenters. The number of piperidine rings is 2. The number of rotatable bonds is 10. The zero-order chi connectivity index (χ0) is 28.6. The van der Waals surface area contributed by atoms with Crippen molar-refractivity contribution in [1.82, 2.24) is 29.3 Å². The number of ether oxygens (including phenoxy) is 1. The Morgan fingerprint density at radius 2 is 1.77 bits per heavy atom. The number of nitrogens with zero attached hydrogens (tertiary/aromatic N) is 5. The number of nitrogens with one attached hydrogen (secondary N) is 1. The molecule has 5 heterocycles. The lowest BCUT2D eigenvalue weighted by atomic mass is 9.95. The summed E-state index contributed by atoms with van der Waals surface area (Å²) in [5.41, 5.74) is 0. The van der Waals surface area contributed by atoms with Crippen LogP contribution in [0, 0.1) is 12.8 Å². The van der Waals surface area contributed by atoms with Gasteiger partial charge in [0, 0.05) is 54.5 Å². The largest absolute Gasteiger partial charge is 0.487 e. The number of sulfonamides is 1. The minimum atomic E-state index is -3.22. The number of fused-ring (bicyclic) bond motifs is 2. The molecule has 3 saturated heterocycles. The van der Waals surface area contributed by atoms with Crippen molar-refractivity contribution in [3.05, 3.63) is 28.7 Å². The van der Waals surface area contributed by atoms with Gasteiger partial charge in [-0.15, -0.1) is 21.5 Å². The molecule has 0 unspecified atom stereocenters. The zero-order valence-electron chi connectivity index (χ0n) is 24.4. The van der Waals surface area contributed by atoms with Gasteiger partial charge in [0.25, 0.3) is 0 Å². The molecular weight excluding hydrogens is 548 g/mol. The topological polar surface area (TPSA) is 110 Å². The van der Waals surface area contributed by atoms with Gasteiger partial charge >= 0.3 is 0 Å². The Kier molecular flexibility index (Phi) is 8.89. The Balaban J connectivity index is 1.24. The summed E-state index contributed by atoms with van der Waals surface area (Å²) in [6.45, 7) is 8.17. The summed E-state index contributed by atoms with van der Waals surface area (Å²) in [6.07, 6.45) is 7.81. The molecule has 10 nitrogen and oxygen atoms in total. The van der Waals surface area contributed by atoms with Gasteiger partial charge < -0.3 is 14.6 Å². The molecule has 1 amide bonds. The average Bonchev–Trinajstić information content (AvgIpc) is 3.61. The molecule has 2 bridgehead atoms. The number of methoxy groups -OCH3 is 1. The summed E-state index contributed by atoms with van der Waals surface area (Å²) in [4.78, 5) is 17.1. The highest BCUT2D eigenvalue weighted by Gasteiger charge is 2.42. The first-order valence-corrected chi connectivity index (χ1v) is 17.3. The lowest BCUT2D eigenvalue weighted by molar-refractivity contribution is -0.127. The number of carbonyl (C=O) groups is 1. The van der Waals surface area contributed by atoms with E-state index < -0.39 is 10.0 Å². The molecule has 3 fully saturated rings. The first kappa shape index (κ1) is 29.5. The first-order chi connectivity index (χ1) is 19.0. The third-order valence-corrected chi connectivity index (χ3v) is 11.5. The highest BCUT2D eigenvalue weighted by molar-refractivity contribution is 7.88. The van der Waals surface area contributed by atoms with Gasteiger partial charge in [0.2, 0.25) is 15.9 Å². The van der Waals surface area contributed by atoms with Crippen LogP contribution in [-0.2, 0) is 14.8 Å². The maximum Gasteiger partial charge on any atom is 0.223 e. The van der Waals surface area contributed by atoms with Crippen LogP contribution in [0.4, 0.5) is 0 Å². The van der Waals surface area contributed by atoms with Crippen LogP contribution < -0.4 is 10.1 Å². The quantitative estimate of drug-likeness (QED) is 0.446. The van der Waals surface area contributed by atoms with E-state index >= 15 is 0 Å². The smallest absolute Gasteiger partial charge is 0.223 e. The SMILES string of the molecule is COc1ccc([C@H](CCN2[C@@H]3CC[C@H]2C[C@H](n2c(C)nnc2C(C)C)C3)NC(=O)C2CCN(S(C)(=O)=O)CC2)s1. The van der Waals surface area contributed by atoms with Crippen LogP contribution in [0.1, 0.15) is 93.3 Å². The van der Waals surface area contributed by atoms with E-state index in [1.807, 2.05) is 6.07 Å². The van der Waals surface area contributed by atoms with Crippen molar-refractivity contribution in [2.45, 2.75) is 95.8 Å². The average molecular weight is 593 g/mol. The Labute approximate surface area is 242 Å². The number of hydrogen-bond acceptors (Lipinski definition) is 8. The Morgan fingerprint density at radius 1 is 1.10 bits per heavy atom. The maximum absolute atomic E-state index is 13.4. The van der Waals surface area contributed by atoms with E-state index in [4.69, 9.17) is 4.74 Å². The van der Waals surface area contributed by atoms with Crippen molar-refractivity contribution >= 4 is 27.3 Å². The molecule has 12 heteroatoms. The van der Waals surface area contributed by atoms with Gasteiger partial charge in [-0.2, -0.15) is 0 Å². The second kappa shape index (κ2) is 12.1. The minimum absolute atomic E-state index is 0.0245. The van der Waals surface area contributed by atoms with Crippen LogP contribution in [-0.4, -0.2) is 83.4 Å². The second-order valence-electron chi connectivity index (χ2n) is 12.0. The number of amides is 1. The molecule has 0 aliphatic carbocycles. The van der Waals surface area contributed by atoms with Gasteiger partial charge in [0.15, 0.2) is 5.06 Å². The number of thiophene rings is 1. The van der Waals surface area contributed by atoms with E-state index in [-0.39, 0.29) is 17.9 Å². The minimum Gasteiger partial charge on any atom is -0.487 e. The number of hydrogen-bond donors (Lipinski definition) is 1. The predicted octanol–water partition coefficient (Wildman–Crippen LogP) is 3.87. The van der Waals surface area contributed by atoms with Crippen LogP contribution in [0.2, 0.25) is 0 Å². The third kappa shape index (κ3) is 6.24. The normalized spacial score (nSPS) is 25.4. The van der Waals surface area contributed by atoms with E-state index in [1.165, 1.54) is 23.4 Å². The number of aryl methyl sites for hydroxylation is 1. The highest BCUT2D eigenvalue weighted by atomic mass is 32.2. The molecule has 5 rings (SSSR count). The molecule has 0 aromatic carbocycles. The van der Waals surface area contributed by atoms with Crippen LogP contribution in [0.25, 0.3) is 0 Å². The fraction of sp³-hybridized carbons (Fsp3) is 0.750. The molecule has 0 radical (unpaired) electrons. The van der Waals surface area contributed by atoms with Crippen LogP contribution in [0.15, 0.2) is 12.1 Å². The standard InChI is InChI=1S/C28H44N6O4S2/c1-18(2)27-31-30-19(3)34(27)23-16-21-6-7-22(17-23)33(21)15-12-24(25-8-9-26(38-4)39-25)29-28(35)20-10-13-32(14-11-20)40(5,36)37/h8-9,18,20-24H,6-7,10-17H2,1-5H3,(H,29,35)/t21-,22+,23-,24-/m0/s1. The van der Waals surface area contributed by atoms with Gasteiger partial charge in [-0.05, 0) is 64.0 Å². The molecule has 3 aliphatic heterocycles. The van der Waals surface area contributed by atoms with Crippen molar-refractivity contribution in [2.24, 2.45) is 5.92 Å². The summed E-state index contributed by atoms with van der Waals surface area (Å²) in [5, 5.41) is 13.1.